The normalized spacial score (nSPS) is 16.8. The van der Waals surface area contributed by atoms with Crippen molar-refractivity contribution in [2.75, 3.05) is 13.7 Å². The number of aliphatic hydroxyl groups is 1. The molecular formula is C14H20ClNO4S. The standard InChI is InChI=1S/C14H20ClNO4S/c1-3-14(4-5-14)9-16-21(18,19)12-7-11(15)6-10(8-17)13(12)20-2/h6-7,16-17H,3-5,8-9H2,1-2H3. The van der Waals surface area contributed by atoms with Gasteiger partial charge in [-0.1, -0.05) is 18.5 Å². The summed E-state index contributed by atoms with van der Waals surface area (Å²) >= 11 is 5.93. The molecule has 0 radical (unpaired) electrons. The second-order valence-corrected chi connectivity index (χ2v) is 7.60. The van der Waals surface area contributed by atoms with Gasteiger partial charge in [0.25, 0.3) is 0 Å². The first kappa shape index (κ1) is 16.5. The zero-order valence-electron chi connectivity index (χ0n) is 12.1. The van der Waals surface area contributed by atoms with Crippen LogP contribution in [0.25, 0.3) is 0 Å². The summed E-state index contributed by atoms with van der Waals surface area (Å²) in [6.07, 6.45) is 3.03. The SMILES string of the molecule is CCC1(CNS(=O)(=O)c2cc(Cl)cc(CO)c2OC)CC1. The van der Waals surface area contributed by atoms with Gasteiger partial charge in [0.1, 0.15) is 10.6 Å². The van der Waals surface area contributed by atoms with Crippen LogP contribution in [0.4, 0.5) is 0 Å². The molecule has 1 fully saturated rings. The monoisotopic (exact) mass is 333 g/mol. The Bertz CT molecular complexity index is 626. The topological polar surface area (TPSA) is 75.6 Å². The summed E-state index contributed by atoms with van der Waals surface area (Å²) in [4.78, 5) is -0.0338. The van der Waals surface area contributed by atoms with Crippen molar-refractivity contribution in [3.63, 3.8) is 0 Å². The maximum atomic E-state index is 12.5. The van der Waals surface area contributed by atoms with Crippen molar-refractivity contribution < 1.29 is 18.3 Å². The largest absolute Gasteiger partial charge is 0.495 e. The summed E-state index contributed by atoms with van der Waals surface area (Å²) in [5.74, 6) is 0.135. The summed E-state index contributed by atoms with van der Waals surface area (Å²) in [6, 6.07) is 2.83. The Hall–Kier alpha value is -0.820. The molecule has 5 nitrogen and oxygen atoms in total. The highest BCUT2D eigenvalue weighted by molar-refractivity contribution is 7.89. The molecule has 0 heterocycles. The van der Waals surface area contributed by atoms with E-state index in [1.807, 2.05) is 0 Å². The van der Waals surface area contributed by atoms with Crippen molar-refractivity contribution in [2.45, 2.75) is 37.7 Å². The molecule has 2 N–H and O–H groups in total. The molecule has 7 heteroatoms. The van der Waals surface area contributed by atoms with Crippen LogP contribution in [0.5, 0.6) is 5.75 Å². The Kier molecular flexibility index (Phi) is 4.82. The first-order chi connectivity index (χ1) is 9.87. The van der Waals surface area contributed by atoms with Crippen LogP contribution in [0.1, 0.15) is 31.7 Å². The fourth-order valence-corrected chi connectivity index (χ4v) is 4.03. The molecule has 21 heavy (non-hydrogen) atoms. The Morgan fingerprint density at radius 1 is 1.43 bits per heavy atom. The van der Waals surface area contributed by atoms with Crippen LogP contribution in [-0.4, -0.2) is 27.2 Å². The molecule has 1 aromatic carbocycles. The number of hydrogen-bond acceptors (Lipinski definition) is 4. The maximum absolute atomic E-state index is 12.5. The zero-order chi connectivity index (χ0) is 15.7. The minimum atomic E-state index is -3.73. The average Bonchev–Trinajstić information content (AvgIpc) is 3.25. The summed E-state index contributed by atoms with van der Waals surface area (Å²) in [6.45, 7) is 2.13. The van der Waals surface area contributed by atoms with Gasteiger partial charge < -0.3 is 9.84 Å². The Labute approximate surface area is 130 Å². The van der Waals surface area contributed by atoms with E-state index in [0.717, 1.165) is 19.3 Å². The van der Waals surface area contributed by atoms with Crippen LogP contribution in [0.15, 0.2) is 17.0 Å². The van der Waals surface area contributed by atoms with Crippen LogP contribution < -0.4 is 9.46 Å². The van der Waals surface area contributed by atoms with Gasteiger partial charge in [-0.3, -0.25) is 0 Å². The summed E-state index contributed by atoms with van der Waals surface area (Å²) in [5, 5.41) is 9.56. The smallest absolute Gasteiger partial charge is 0.244 e. The number of benzene rings is 1. The van der Waals surface area contributed by atoms with Crippen LogP contribution in [0.3, 0.4) is 0 Å². The molecule has 1 aliphatic rings. The van der Waals surface area contributed by atoms with Crippen molar-refractivity contribution in [1.82, 2.24) is 4.72 Å². The van der Waals surface area contributed by atoms with E-state index in [9.17, 15) is 13.5 Å². The molecule has 0 saturated heterocycles. The average molecular weight is 334 g/mol. The highest BCUT2D eigenvalue weighted by Gasteiger charge is 2.41. The molecule has 0 aliphatic heterocycles. The maximum Gasteiger partial charge on any atom is 0.244 e. The fourth-order valence-electron chi connectivity index (χ4n) is 2.33. The molecule has 0 atom stereocenters. The lowest BCUT2D eigenvalue weighted by atomic mass is 10.1. The number of aliphatic hydroxyl groups excluding tert-OH is 1. The number of rotatable bonds is 7. The quantitative estimate of drug-likeness (QED) is 0.803. The lowest BCUT2D eigenvalue weighted by Gasteiger charge is -2.17. The van der Waals surface area contributed by atoms with Gasteiger partial charge in [0.2, 0.25) is 10.0 Å². The lowest BCUT2D eigenvalue weighted by Crippen LogP contribution is -2.30. The van der Waals surface area contributed by atoms with Gasteiger partial charge in [-0.2, -0.15) is 0 Å². The Morgan fingerprint density at radius 3 is 2.57 bits per heavy atom. The van der Waals surface area contributed by atoms with Gasteiger partial charge in [-0.25, -0.2) is 13.1 Å². The van der Waals surface area contributed by atoms with Crippen molar-refractivity contribution in [3.8, 4) is 5.75 Å². The zero-order valence-corrected chi connectivity index (χ0v) is 13.7. The first-order valence-corrected chi connectivity index (χ1v) is 8.70. The van der Waals surface area contributed by atoms with E-state index in [-0.39, 0.29) is 27.7 Å². The van der Waals surface area contributed by atoms with Crippen molar-refractivity contribution >= 4 is 21.6 Å². The Balaban J connectivity index is 2.32. The third kappa shape index (κ3) is 3.51. The lowest BCUT2D eigenvalue weighted by molar-refractivity contribution is 0.272. The highest BCUT2D eigenvalue weighted by Crippen LogP contribution is 2.48. The molecule has 2 rings (SSSR count). The van der Waals surface area contributed by atoms with Crippen LogP contribution in [0.2, 0.25) is 5.02 Å². The Morgan fingerprint density at radius 2 is 2.10 bits per heavy atom. The van der Waals surface area contributed by atoms with Gasteiger partial charge in [0.15, 0.2) is 0 Å². The second kappa shape index (κ2) is 6.12. The van der Waals surface area contributed by atoms with E-state index in [1.54, 1.807) is 0 Å². The van der Waals surface area contributed by atoms with E-state index in [4.69, 9.17) is 16.3 Å². The van der Waals surface area contributed by atoms with E-state index in [0.29, 0.717) is 12.1 Å². The molecule has 0 spiro atoms. The molecule has 1 saturated carbocycles. The van der Waals surface area contributed by atoms with Crippen LogP contribution >= 0.6 is 11.6 Å². The summed E-state index contributed by atoms with van der Waals surface area (Å²) in [5.41, 5.74) is 0.445. The van der Waals surface area contributed by atoms with Crippen LogP contribution in [0, 0.1) is 5.41 Å². The van der Waals surface area contributed by atoms with Crippen molar-refractivity contribution in [2.24, 2.45) is 5.41 Å². The number of nitrogens with one attached hydrogen (secondary N) is 1. The molecule has 1 aliphatic carbocycles. The minimum absolute atomic E-state index is 0.0338. The second-order valence-electron chi connectivity index (χ2n) is 5.43. The highest BCUT2D eigenvalue weighted by atomic mass is 35.5. The van der Waals surface area contributed by atoms with Gasteiger partial charge >= 0.3 is 0 Å². The van der Waals surface area contributed by atoms with E-state index in [2.05, 4.69) is 11.6 Å². The predicted octanol–water partition coefficient (Wildman–Crippen LogP) is 2.31. The molecular weight excluding hydrogens is 314 g/mol. The van der Waals surface area contributed by atoms with Crippen molar-refractivity contribution in [1.29, 1.82) is 0 Å². The van der Waals surface area contributed by atoms with Gasteiger partial charge in [0.05, 0.1) is 13.7 Å². The van der Waals surface area contributed by atoms with Gasteiger partial charge in [0, 0.05) is 17.1 Å². The number of ether oxygens (including phenoxy) is 1. The molecule has 118 valence electrons. The number of halogens is 1. The number of sulfonamides is 1. The molecule has 0 aromatic heterocycles. The van der Waals surface area contributed by atoms with E-state index >= 15 is 0 Å². The molecule has 0 amide bonds. The number of methoxy groups -OCH3 is 1. The summed E-state index contributed by atoms with van der Waals surface area (Å²) < 4.78 is 32.8. The predicted molar refractivity (Wildman–Crippen MR) is 81.1 cm³/mol. The van der Waals surface area contributed by atoms with Gasteiger partial charge in [-0.05, 0) is 36.8 Å². The molecule has 0 unspecified atom stereocenters. The minimum Gasteiger partial charge on any atom is -0.495 e. The van der Waals surface area contributed by atoms with Crippen LogP contribution in [-0.2, 0) is 16.6 Å². The van der Waals surface area contributed by atoms with Gasteiger partial charge in [-0.15, -0.1) is 0 Å². The fraction of sp³-hybridized carbons (Fsp3) is 0.571. The molecule has 0 bridgehead atoms. The summed E-state index contributed by atoms with van der Waals surface area (Å²) in [7, 11) is -2.36. The third-order valence-corrected chi connectivity index (χ3v) is 5.73. The first-order valence-electron chi connectivity index (χ1n) is 6.84. The van der Waals surface area contributed by atoms with E-state index in [1.165, 1.54) is 19.2 Å². The van der Waals surface area contributed by atoms with Crippen molar-refractivity contribution in [3.05, 3.63) is 22.7 Å². The third-order valence-electron chi connectivity index (χ3n) is 4.10. The number of hydrogen-bond donors (Lipinski definition) is 2. The van der Waals surface area contributed by atoms with E-state index < -0.39 is 10.0 Å². The molecule has 1 aromatic rings.